The van der Waals surface area contributed by atoms with E-state index in [1.54, 1.807) is 0 Å². The molecule has 2 saturated heterocycles. The van der Waals surface area contributed by atoms with Crippen molar-refractivity contribution in [1.29, 1.82) is 0 Å². The van der Waals surface area contributed by atoms with Crippen LogP contribution in [0, 0.1) is 11.3 Å². The molecule has 0 radical (unpaired) electrons. The van der Waals surface area contributed by atoms with E-state index in [4.69, 9.17) is 0 Å². The molecule has 1 aliphatic carbocycles. The zero-order valence-corrected chi connectivity index (χ0v) is 14.2. The minimum atomic E-state index is 0.303. The maximum Gasteiger partial charge on any atom is 0.220 e. The first kappa shape index (κ1) is 16.3. The highest BCUT2D eigenvalue weighted by Gasteiger charge is 2.32. The molecule has 0 aromatic carbocycles. The minimum Gasteiger partial charge on any atom is -0.353 e. The number of rotatable bonds is 5. The summed E-state index contributed by atoms with van der Waals surface area (Å²) in [6.45, 7) is 8.23. The fraction of sp³-hybridized carbons (Fsp3) is 0.944. The maximum atomic E-state index is 12.1. The van der Waals surface area contributed by atoms with Crippen molar-refractivity contribution >= 4 is 5.91 Å². The van der Waals surface area contributed by atoms with Crippen LogP contribution in [0.1, 0.15) is 58.3 Å². The van der Waals surface area contributed by atoms with E-state index in [-0.39, 0.29) is 0 Å². The molecule has 2 N–H and O–H groups in total. The standard InChI is InChI=1S/C18H33N3O/c1-18(8-9-19-13-18)14-21-10-6-16(7-11-21)20-17(22)12-15-4-2-3-5-15/h15-16,19H,2-14H2,1H3,(H,20,22). The molecule has 3 aliphatic rings. The summed E-state index contributed by atoms with van der Waals surface area (Å²) in [5.41, 5.74) is 0.457. The van der Waals surface area contributed by atoms with E-state index in [9.17, 15) is 4.79 Å². The summed E-state index contributed by atoms with van der Waals surface area (Å²) in [7, 11) is 0. The van der Waals surface area contributed by atoms with Crippen LogP contribution in [-0.2, 0) is 4.79 Å². The van der Waals surface area contributed by atoms with E-state index in [2.05, 4.69) is 22.5 Å². The molecule has 3 fully saturated rings. The van der Waals surface area contributed by atoms with Gasteiger partial charge < -0.3 is 15.5 Å². The SMILES string of the molecule is CC1(CN2CCC(NC(=O)CC3CCCC3)CC2)CCNC1. The van der Waals surface area contributed by atoms with Gasteiger partial charge in [0.05, 0.1) is 0 Å². The Morgan fingerprint density at radius 3 is 2.59 bits per heavy atom. The zero-order valence-electron chi connectivity index (χ0n) is 14.2. The Labute approximate surface area is 135 Å². The second kappa shape index (κ2) is 7.31. The van der Waals surface area contributed by atoms with Crippen molar-refractivity contribution in [2.24, 2.45) is 11.3 Å². The van der Waals surface area contributed by atoms with Crippen LogP contribution in [0.2, 0.25) is 0 Å². The average molecular weight is 307 g/mol. The smallest absolute Gasteiger partial charge is 0.220 e. The first-order valence-electron chi connectivity index (χ1n) is 9.35. The fourth-order valence-corrected chi connectivity index (χ4v) is 4.54. The third kappa shape index (κ3) is 4.45. The number of carbonyl (C=O) groups excluding carboxylic acids is 1. The van der Waals surface area contributed by atoms with Crippen molar-refractivity contribution in [2.45, 2.75) is 64.3 Å². The minimum absolute atomic E-state index is 0.303. The molecule has 0 bridgehead atoms. The molecule has 1 saturated carbocycles. The number of nitrogens with zero attached hydrogens (tertiary/aromatic N) is 1. The molecule has 4 heteroatoms. The fourth-order valence-electron chi connectivity index (χ4n) is 4.54. The number of carbonyl (C=O) groups is 1. The average Bonchev–Trinajstić information content (AvgIpc) is 3.13. The van der Waals surface area contributed by atoms with Gasteiger partial charge in [-0.3, -0.25) is 4.79 Å². The summed E-state index contributed by atoms with van der Waals surface area (Å²) in [4.78, 5) is 14.7. The van der Waals surface area contributed by atoms with Gasteiger partial charge in [0, 0.05) is 38.6 Å². The zero-order chi connectivity index (χ0) is 15.4. The summed E-state index contributed by atoms with van der Waals surface area (Å²) < 4.78 is 0. The topological polar surface area (TPSA) is 44.4 Å². The van der Waals surface area contributed by atoms with Gasteiger partial charge in [-0.25, -0.2) is 0 Å². The molecule has 1 atom stereocenters. The van der Waals surface area contributed by atoms with Crippen molar-refractivity contribution in [3.8, 4) is 0 Å². The Bertz CT molecular complexity index is 365. The van der Waals surface area contributed by atoms with Crippen molar-refractivity contribution < 1.29 is 4.79 Å². The van der Waals surface area contributed by atoms with E-state index in [1.807, 2.05) is 0 Å². The van der Waals surface area contributed by atoms with Gasteiger partial charge in [-0.2, -0.15) is 0 Å². The summed E-state index contributed by atoms with van der Waals surface area (Å²) in [6, 6.07) is 0.416. The van der Waals surface area contributed by atoms with Crippen LogP contribution < -0.4 is 10.6 Å². The van der Waals surface area contributed by atoms with Gasteiger partial charge in [0.2, 0.25) is 5.91 Å². The Kier molecular flexibility index (Phi) is 5.40. The molecule has 22 heavy (non-hydrogen) atoms. The monoisotopic (exact) mass is 307 g/mol. The van der Waals surface area contributed by atoms with Gasteiger partial charge in [0.15, 0.2) is 0 Å². The molecule has 3 rings (SSSR count). The van der Waals surface area contributed by atoms with Gasteiger partial charge in [-0.1, -0.05) is 19.8 Å². The molecule has 0 aromatic heterocycles. The van der Waals surface area contributed by atoms with Crippen LogP contribution in [0.4, 0.5) is 0 Å². The summed E-state index contributed by atoms with van der Waals surface area (Å²) >= 11 is 0. The Morgan fingerprint density at radius 1 is 1.23 bits per heavy atom. The number of hydrogen-bond donors (Lipinski definition) is 2. The van der Waals surface area contributed by atoms with Crippen LogP contribution in [0.25, 0.3) is 0 Å². The van der Waals surface area contributed by atoms with E-state index < -0.39 is 0 Å². The van der Waals surface area contributed by atoms with Crippen molar-refractivity contribution in [3.05, 3.63) is 0 Å². The van der Waals surface area contributed by atoms with Gasteiger partial charge >= 0.3 is 0 Å². The second-order valence-corrected chi connectivity index (χ2v) is 8.21. The molecular formula is C18H33N3O. The summed E-state index contributed by atoms with van der Waals surface area (Å²) in [5, 5.41) is 6.78. The van der Waals surface area contributed by atoms with Crippen LogP contribution >= 0.6 is 0 Å². The summed E-state index contributed by atoms with van der Waals surface area (Å²) in [5.74, 6) is 0.965. The maximum absolute atomic E-state index is 12.1. The van der Waals surface area contributed by atoms with Gasteiger partial charge in [0.25, 0.3) is 0 Å². The van der Waals surface area contributed by atoms with Crippen LogP contribution in [0.3, 0.4) is 0 Å². The van der Waals surface area contributed by atoms with Gasteiger partial charge in [-0.15, -0.1) is 0 Å². The largest absolute Gasteiger partial charge is 0.353 e. The highest BCUT2D eigenvalue weighted by Crippen LogP contribution is 2.28. The molecule has 0 spiro atoms. The molecule has 1 unspecified atom stereocenters. The Hall–Kier alpha value is -0.610. The number of likely N-dealkylation sites (tertiary alicyclic amines) is 1. The predicted molar refractivity (Wildman–Crippen MR) is 89.8 cm³/mol. The lowest BCUT2D eigenvalue weighted by molar-refractivity contribution is -0.123. The molecule has 1 amide bonds. The lowest BCUT2D eigenvalue weighted by atomic mass is 9.88. The third-order valence-corrected chi connectivity index (χ3v) is 5.96. The number of amides is 1. The van der Waals surface area contributed by atoms with Gasteiger partial charge in [0.1, 0.15) is 0 Å². The van der Waals surface area contributed by atoms with Crippen molar-refractivity contribution in [3.63, 3.8) is 0 Å². The quantitative estimate of drug-likeness (QED) is 0.818. The highest BCUT2D eigenvalue weighted by atomic mass is 16.1. The predicted octanol–water partition coefficient (Wildman–Crippen LogP) is 2.15. The van der Waals surface area contributed by atoms with Gasteiger partial charge in [-0.05, 0) is 50.0 Å². The number of nitrogens with one attached hydrogen (secondary N) is 2. The molecule has 4 nitrogen and oxygen atoms in total. The highest BCUT2D eigenvalue weighted by molar-refractivity contribution is 5.76. The van der Waals surface area contributed by atoms with Crippen molar-refractivity contribution in [1.82, 2.24) is 15.5 Å². The van der Waals surface area contributed by atoms with E-state index >= 15 is 0 Å². The first-order chi connectivity index (χ1) is 10.6. The normalized spacial score (nSPS) is 31.7. The second-order valence-electron chi connectivity index (χ2n) is 8.21. The van der Waals surface area contributed by atoms with Crippen molar-refractivity contribution in [2.75, 3.05) is 32.7 Å². The number of piperidine rings is 1. The molecule has 2 aliphatic heterocycles. The number of hydrogen-bond acceptors (Lipinski definition) is 3. The van der Waals surface area contributed by atoms with Crippen LogP contribution in [0.15, 0.2) is 0 Å². The van der Waals surface area contributed by atoms with E-state index in [0.717, 1.165) is 38.9 Å². The lowest BCUT2D eigenvalue weighted by Crippen LogP contribution is -2.47. The molecule has 2 heterocycles. The Balaban J connectivity index is 1.35. The van der Waals surface area contributed by atoms with E-state index in [0.29, 0.717) is 23.3 Å². The van der Waals surface area contributed by atoms with E-state index in [1.165, 1.54) is 45.2 Å². The third-order valence-electron chi connectivity index (χ3n) is 5.96. The van der Waals surface area contributed by atoms with Crippen LogP contribution in [-0.4, -0.2) is 49.6 Å². The molecular weight excluding hydrogens is 274 g/mol. The lowest BCUT2D eigenvalue weighted by Gasteiger charge is -2.37. The van der Waals surface area contributed by atoms with Crippen LogP contribution in [0.5, 0.6) is 0 Å². The molecule has 126 valence electrons. The Morgan fingerprint density at radius 2 is 1.95 bits per heavy atom. The first-order valence-corrected chi connectivity index (χ1v) is 9.35. The summed E-state index contributed by atoms with van der Waals surface area (Å²) in [6.07, 6.45) is 9.49. The molecule has 0 aromatic rings.